The zero-order valence-corrected chi connectivity index (χ0v) is 10.8. The zero-order chi connectivity index (χ0) is 15.8. The summed E-state index contributed by atoms with van der Waals surface area (Å²) in [7, 11) is -5.80. The summed E-state index contributed by atoms with van der Waals surface area (Å²) < 4.78 is 75.2. The normalized spacial score (nSPS) is 15.4. The van der Waals surface area contributed by atoms with Crippen LogP contribution in [-0.2, 0) is 20.6 Å². The predicted octanol–water partition coefficient (Wildman–Crippen LogP) is 1.58. The molecule has 1 aromatic carbocycles. The number of benzene rings is 1. The van der Waals surface area contributed by atoms with Crippen LogP contribution in [0.5, 0.6) is 5.75 Å². The van der Waals surface area contributed by atoms with Gasteiger partial charge in [-0.15, -0.1) is 0 Å². The molecule has 0 fully saturated rings. The van der Waals surface area contributed by atoms with Gasteiger partial charge in [0.15, 0.2) is 0 Å². The van der Waals surface area contributed by atoms with Crippen molar-refractivity contribution < 1.29 is 35.0 Å². The van der Waals surface area contributed by atoms with Crippen molar-refractivity contribution in [1.82, 2.24) is 0 Å². The second kappa shape index (κ2) is 4.93. The molecule has 20 heavy (non-hydrogen) atoms. The van der Waals surface area contributed by atoms with Gasteiger partial charge >= 0.3 is 15.6 Å². The molecule has 0 saturated carbocycles. The lowest BCUT2D eigenvalue weighted by Gasteiger charge is -2.17. The van der Waals surface area contributed by atoms with E-state index in [0.717, 1.165) is 31.2 Å². The average Bonchev–Trinajstić information content (AvgIpc) is 2.27. The van der Waals surface area contributed by atoms with Crippen LogP contribution in [0, 0.1) is 0 Å². The van der Waals surface area contributed by atoms with Gasteiger partial charge in [0.25, 0.3) is 5.91 Å². The van der Waals surface area contributed by atoms with E-state index < -0.39 is 33.0 Å². The van der Waals surface area contributed by atoms with Crippen LogP contribution >= 0.6 is 0 Å². The second-order valence-electron chi connectivity index (χ2n) is 3.87. The van der Waals surface area contributed by atoms with Crippen molar-refractivity contribution >= 4 is 16.0 Å². The van der Waals surface area contributed by atoms with E-state index in [1.165, 1.54) is 0 Å². The molecule has 0 spiro atoms. The van der Waals surface area contributed by atoms with Gasteiger partial charge < -0.3 is 9.92 Å². The fraction of sp³-hybridized carbons (Fsp3) is 0.300. The van der Waals surface area contributed by atoms with E-state index in [9.17, 15) is 30.8 Å². The van der Waals surface area contributed by atoms with Crippen molar-refractivity contribution in [1.29, 1.82) is 0 Å². The van der Waals surface area contributed by atoms with Crippen LogP contribution < -0.4 is 9.92 Å². The van der Waals surface area contributed by atoms with Gasteiger partial charge in [0.05, 0.1) is 0 Å². The molecule has 1 aromatic rings. The summed E-state index contributed by atoms with van der Waals surface area (Å²) in [5.74, 6) is -1.97. The van der Waals surface area contributed by atoms with E-state index in [4.69, 9.17) is 5.73 Å². The van der Waals surface area contributed by atoms with E-state index in [0.29, 0.717) is 0 Å². The summed E-state index contributed by atoms with van der Waals surface area (Å²) in [6.07, 6.45) is 0. The van der Waals surface area contributed by atoms with Gasteiger partial charge in [0.1, 0.15) is 5.75 Å². The molecule has 0 aliphatic rings. The van der Waals surface area contributed by atoms with Gasteiger partial charge in [-0.25, -0.2) is 4.39 Å². The number of hydrogen-bond acceptors (Lipinski definition) is 4. The number of hydrogen-bond donors (Lipinski definition) is 1. The Kier molecular flexibility index (Phi) is 3.99. The maximum Gasteiger partial charge on any atom is 0.534 e. The van der Waals surface area contributed by atoms with E-state index in [-0.39, 0.29) is 5.56 Å². The van der Waals surface area contributed by atoms with Crippen molar-refractivity contribution in [3.05, 3.63) is 29.8 Å². The number of nitrogens with two attached hydrogens (primary N) is 1. The highest BCUT2D eigenvalue weighted by Gasteiger charge is 2.48. The predicted molar refractivity (Wildman–Crippen MR) is 59.7 cm³/mol. The maximum atomic E-state index is 13.8. The lowest BCUT2D eigenvalue weighted by molar-refractivity contribution is -0.128. The van der Waals surface area contributed by atoms with Crippen LogP contribution in [0.4, 0.5) is 17.6 Å². The molecule has 1 amide bonds. The minimum Gasteiger partial charge on any atom is -0.376 e. The van der Waals surface area contributed by atoms with Gasteiger partial charge in [-0.05, 0) is 24.6 Å². The molecule has 2 N–H and O–H groups in total. The lowest BCUT2D eigenvalue weighted by atomic mass is 9.97. The van der Waals surface area contributed by atoms with Gasteiger partial charge in [0, 0.05) is 0 Å². The molecule has 0 saturated heterocycles. The molecule has 0 heterocycles. The van der Waals surface area contributed by atoms with Crippen molar-refractivity contribution in [2.24, 2.45) is 5.73 Å². The first-order chi connectivity index (χ1) is 8.88. The zero-order valence-electron chi connectivity index (χ0n) is 9.94. The number of primary amides is 1. The summed E-state index contributed by atoms with van der Waals surface area (Å²) in [4.78, 5) is 10.8. The Morgan fingerprint density at radius 3 is 1.95 bits per heavy atom. The Morgan fingerprint density at radius 1 is 1.15 bits per heavy atom. The van der Waals surface area contributed by atoms with Crippen LogP contribution in [0.15, 0.2) is 24.3 Å². The molecule has 0 aromatic heterocycles. The van der Waals surface area contributed by atoms with Crippen LogP contribution in [0.25, 0.3) is 0 Å². The second-order valence-corrected chi connectivity index (χ2v) is 5.41. The van der Waals surface area contributed by atoms with E-state index in [1.54, 1.807) is 0 Å². The number of carbonyl (C=O) groups is 1. The van der Waals surface area contributed by atoms with Crippen molar-refractivity contribution in [3.63, 3.8) is 0 Å². The minimum atomic E-state index is -5.80. The Bertz CT molecular complexity index is 607. The molecule has 112 valence electrons. The van der Waals surface area contributed by atoms with Crippen LogP contribution in [-0.4, -0.2) is 19.8 Å². The van der Waals surface area contributed by atoms with Gasteiger partial charge in [-0.3, -0.25) is 4.79 Å². The average molecular weight is 315 g/mol. The maximum absolute atomic E-state index is 13.8. The Hall–Kier alpha value is -1.84. The molecular weight excluding hydrogens is 306 g/mol. The fourth-order valence-corrected chi connectivity index (χ4v) is 1.60. The van der Waals surface area contributed by atoms with E-state index >= 15 is 0 Å². The Morgan fingerprint density at radius 2 is 1.60 bits per heavy atom. The summed E-state index contributed by atoms with van der Waals surface area (Å²) in [6.45, 7) is 0.859. The molecule has 1 atom stereocenters. The highest BCUT2D eigenvalue weighted by Crippen LogP contribution is 2.30. The van der Waals surface area contributed by atoms with Gasteiger partial charge in [-0.2, -0.15) is 21.6 Å². The van der Waals surface area contributed by atoms with Crippen LogP contribution in [0.3, 0.4) is 0 Å². The monoisotopic (exact) mass is 315 g/mol. The van der Waals surface area contributed by atoms with E-state index in [2.05, 4.69) is 4.18 Å². The number of halogens is 4. The third-order valence-corrected chi connectivity index (χ3v) is 3.33. The molecule has 0 bridgehead atoms. The van der Waals surface area contributed by atoms with Crippen molar-refractivity contribution in [2.75, 3.05) is 0 Å². The van der Waals surface area contributed by atoms with E-state index in [1.807, 2.05) is 0 Å². The van der Waals surface area contributed by atoms with Crippen LogP contribution in [0.1, 0.15) is 12.5 Å². The number of amides is 1. The summed E-state index contributed by atoms with van der Waals surface area (Å²) in [5, 5.41) is 0. The quantitative estimate of drug-likeness (QED) is 0.519. The first-order valence-corrected chi connectivity index (χ1v) is 6.39. The molecule has 1 rings (SSSR count). The molecule has 0 radical (unpaired) electrons. The lowest BCUT2D eigenvalue weighted by Crippen LogP contribution is -2.34. The fourth-order valence-electron chi connectivity index (χ4n) is 1.14. The SMILES string of the molecule is CC(F)(C(N)=O)c1ccc(OS(=O)(=O)C(F)(F)F)cc1. The number of alkyl halides is 4. The molecule has 10 heteroatoms. The highest BCUT2D eigenvalue weighted by atomic mass is 32.2. The Labute approximate surface area is 111 Å². The van der Waals surface area contributed by atoms with Gasteiger partial charge in [-0.1, -0.05) is 12.1 Å². The van der Waals surface area contributed by atoms with Crippen LogP contribution in [0.2, 0.25) is 0 Å². The molecule has 0 aliphatic heterocycles. The first-order valence-electron chi connectivity index (χ1n) is 4.98. The third-order valence-electron chi connectivity index (χ3n) is 2.35. The topological polar surface area (TPSA) is 86.5 Å². The van der Waals surface area contributed by atoms with Gasteiger partial charge in [0.2, 0.25) is 5.67 Å². The molecule has 1 unspecified atom stereocenters. The van der Waals surface area contributed by atoms with Crippen molar-refractivity contribution in [3.8, 4) is 5.75 Å². The summed E-state index contributed by atoms with van der Waals surface area (Å²) >= 11 is 0. The molecule has 0 aliphatic carbocycles. The highest BCUT2D eigenvalue weighted by molar-refractivity contribution is 7.87. The summed E-state index contributed by atoms with van der Waals surface area (Å²) in [5.41, 5.74) is -3.56. The minimum absolute atomic E-state index is 0.248. The first kappa shape index (κ1) is 16.2. The molecule has 5 nitrogen and oxygen atoms in total. The number of carbonyl (C=O) groups excluding carboxylic acids is 1. The summed E-state index contributed by atoms with van der Waals surface area (Å²) in [6, 6.07) is 3.34. The molecular formula is C10H9F4NO4S. The largest absolute Gasteiger partial charge is 0.534 e. The Balaban J connectivity index is 3.03. The smallest absolute Gasteiger partial charge is 0.376 e. The van der Waals surface area contributed by atoms with Crippen molar-refractivity contribution in [2.45, 2.75) is 18.1 Å². The standard InChI is InChI=1S/C10H9F4NO4S/c1-9(11,8(15)16)6-2-4-7(5-3-6)19-20(17,18)10(12,13)14/h2-5H,1H3,(H2,15,16). The number of rotatable bonds is 4. The third kappa shape index (κ3) is 3.18.